The molecule has 2 rings (SSSR count). The second-order valence-corrected chi connectivity index (χ2v) is 7.09. The standard InChI is InChI=1S/C20H30N2O4/c1-6-18(23)22-11-15(16(12-22)20(24)21-10-13(2)3)14-8-7-9-17(25-4)19(14)26-5/h7-9,13,15-16H,6,10-12H2,1-5H3,(H,21,24). The number of hydrogen-bond donors (Lipinski definition) is 1. The number of hydrogen-bond acceptors (Lipinski definition) is 4. The fraction of sp³-hybridized carbons (Fsp3) is 0.600. The van der Waals surface area contributed by atoms with Gasteiger partial charge in [-0.3, -0.25) is 9.59 Å². The molecule has 6 nitrogen and oxygen atoms in total. The van der Waals surface area contributed by atoms with Crippen LogP contribution in [-0.2, 0) is 9.59 Å². The summed E-state index contributed by atoms with van der Waals surface area (Å²) in [5, 5.41) is 3.02. The molecule has 2 atom stereocenters. The maximum atomic E-state index is 12.8. The van der Waals surface area contributed by atoms with Crippen molar-refractivity contribution in [2.24, 2.45) is 11.8 Å². The summed E-state index contributed by atoms with van der Waals surface area (Å²) in [5.74, 6) is 1.27. The minimum absolute atomic E-state index is 0.0139. The molecule has 1 aromatic rings. The molecule has 2 unspecified atom stereocenters. The Kier molecular flexibility index (Phi) is 6.89. The fourth-order valence-corrected chi connectivity index (χ4v) is 3.45. The number of likely N-dealkylation sites (tertiary alicyclic amines) is 1. The zero-order valence-electron chi connectivity index (χ0n) is 16.4. The van der Waals surface area contributed by atoms with E-state index in [2.05, 4.69) is 19.2 Å². The zero-order chi connectivity index (χ0) is 19.3. The number of benzene rings is 1. The van der Waals surface area contributed by atoms with E-state index in [1.54, 1.807) is 19.1 Å². The van der Waals surface area contributed by atoms with Gasteiger partial charge in [-0.15, -0.1) is 0 Å². The summed E-state index contributed by atoms with van der Waals surface area (Å²) in [4.78, 5) is 26.8. The number of carbonyl (C=O) groups excluding carboxylic acids is 2. The maximum absolute atomic E-state index is 12.8. The van der Waals surface area contributed by atoms with Gasteiger partial charge in [-0.25, -0.2) is 0 Å². The molecule has 0 aromatic heterocycles. The lowest BCUT2D eigenvalue weighted by atomic mass is 9.87. The highest BCUT2D eigenvalue weighted by molar-refractivity contribution is 5.83. The lowest BCUT2D eigenvalue weighted by Crippen LogP contribution is -2.37. The molecule has 1 aliphatic rings. The van der Waals surface area contributed by atoms with Crippen LogP contribution in [0.15, 0.2) is 18.2 Å². The fourth-order valence-electron chi connectivity index (χ4n) is 3.45. The van der Waals surface area contributed by atoms with Crippen molar-refractivity contribution in [3.05, 3.63) is 23.8 Å². The van der Waals surface area contributed by atoms with Gasteiger partial charge in [0, 0.05) is 37.5 Å². The predicted molar refractivity (Wildman–Crippen MR) is 100 cm³/mol. The van der Waals surface area contributed by atoms with Crippen LogP contribution in [0.25, 0.3) is 0 Å². The predicted octanol–water partition coefficient (Wildman–Crippen LogP) is 2.43. The van der Waals surface area contributed by atoms with Crippen LogP contribution in [0.2, 0.25) is 0 Å². The lowest BCUT2D eigenvalue weighted by molar-refractivity contribution is -0.130. The molecule has 1 saturated heterocycles. The van der Waals surface area contributed by atoms with Gasteiger partial charge in [-0.1, -0.05) is 32.9 Å². The van der Waals surface area contributed by atoms with Crippen LogP contribution >= 0.6 is 0 Å². The van der Waals surface area contributed by atoms with Gasteiger partial charge in [0.25, 0.3) is 0 Å². The van der Waals surface area contributed by atoms with Gasteiger partial charge >= 0.3 is 0 Å². The summed E-state index contributed by atoms with van der Waals surface area (Å²) < 4.78 is 11.0. The van der Waals surface area contributed by atoms with E-state index < -0.39 is 0 Å². The van der Waals surface area contributed by atoms with Crippen molar-refractivity contribution in [2.75, 3.05) is 33.9 Å². The van der Waals surface area contributed by atoms with Crippen molar-refractivity contribution in [1.82, 2.24) is 10.2 Å². The molecular formula is C20H30N2O4. The number of ether oxygens (including phenoxy) is 2. The van der Waals surface area contributed by atoms with Gasteiger partial charge in [0.05, 0.1) is 20.1 Å². The van der Waals surface area contributed by atoms with Crippen LogP contribution in [0, 0.1) is 11.8 Å². The van der Waals surface area contributed by atoms with Crippen molar-refractivity contribution < 1.29 is 19.1 Å². The van der Waals surface area contributed by atoms with Gasteiger partial charge in [-0.2, -0.15) is 0 Å². The molecule has 144 valence electrons. The number of rotatable bonds is 7. The minimum atomic E-state index is -0.301. The molecule has 0 saturated carbocycles. The average Bonchev–Trinajstić information content (AvgIpc) is 3.09. The van der Waals surface area contributed by atoms with Gasteiger partial charge < -0.3 is 19.7 Å². The third-order valence-corrected chi connectivity index (χ3v) is 4.83. The smallest absolute Gasteiger partial charge is 0.225 e. The second kappa shape index (κ2) is 8.92. The Morgan fingerprint density at radius 2 is 1.96 bits per heavy atom. The zero-order valence-corrected chi connectivity index (χ0v) is 16.4. The third kappa shape index (κ3) is 4.29. The van der Waals surface area contributed by atoms with Gasteiger partial charge in [0.1, 0.15) is 0 Å². The molecular weight excluding hydrogens is 332 g/mol. The van der Waals surface area contributed by atoms with E-state index in [0.717, 1.165) is 5.56 Å². The Hall–Kier alpha value is -2.24. The maximum Gasteiger partial charge on any atom is 0.225 e. The lowest BCUT2D eigenvalue weighted by Gasteiger charge is -2.22. The number of methoxy groups -OCH3 is 2. The van der Waals surface area contributed by atoms with Crippen molar-refractivity contribution >= 4 is 11.8 Å². The van der Waals surface area contributed by atoms with E-state index in [-0.39, 0.29) is 23.7 Å². The van der Waals surface area contributed by atoms with Crippen LogP contribution < -0.4 is 14.8 Å². The van der Waals surface area contributed by atoms with E-state index in [9.17, 15) is 9.59 Å². The third-order valence-electron chi connectivity index (χ3n) is 4.83. The Labute approximate surface area is 155 Å². The molecule has 0 aliphatic carbocycles. The van der Waals surface area contributed by atoms with Gasteiger partial charge in [0.15, 0.2) is 11.5 Å². The highest BCUT2D eigenvalue weighted by Crippen LogP contribution is 2.42. The monoisotopic (exact) mass is 362 g/mol. The highest BCUT2D eigenvalue weighted by Gasteiger charge is 2.41. The number of nitrogens with zero attached hydrogens (tertiary/aromatic N) is 1. The molecule has 1 fully saturated rings. The summed E-state index contributed by atoms with van der Waals surface area (Å²) >= 11 is 0. The van der Waals surface area contributed by atoms with Crippen LogP contribution in [0.4, 0.5) is 0 Å². The second-order valence-electron chi connectivity index (χ2n) is 7.09. The van der Waals surface area contributed by atoms with Crippen molar-refractivity contribution in [2.45, 2.75) is 33.1 Å². The van der Waals surface area contributed by atoms with Crippen molar-refractivity contribution in [3.63, 3.8) is 0 Å². The van der Waals surface area contributed by atoms with Crippen LogP contribution in [0.3, 0.4) is 0 Å². The van der Waals surface area contributed by atoms with Crippen LogP contribution in [0.1, 0.15) is 38.7 Å². The van der Waals surface area contributed by atoms with Crippen molar-refractivity contribution in [3.8, 4) is 11.5 Å². The largest absolute Gasteiger partial charge is 0.493 e. The van der Waals surface area contributed by atoms with E-state index in [1.807, 2.05) is 25.1 Å². The van der Waals surface area contributed by atoms with E-state index in [0.29, 0.717) is 43.5 Å². The molecule has 1 N–H and O–H groups in total. The molecule has 1 heterocycles. The summed E-state index contributed by atoms with van der Waals surface area (Å²) in [6.07, 6.45) is 0.433. The molecule has 1 aliphatic heterocycles. The van der Waals surface area contributed by atoms with E-state index in [1.165, 1.54) is 0 Å². The molecule has 6 heteroatoms. The van der Waals surface area contributed by atoms with E-state index in [4.69, 9.17) is 9.47 Å². The van der Waals surface area contributed by atoms with Crippen LogP contribution in [-0.4, -0.2) is 50.6 Å². The normalized spacial score (nSPS) is 19.5. The first kappa shape index (κ1) is 20.1. The molecule has 2 amide bonds. The quantitative estimate of drug-likeness (QED) is 0.809. The number of para-hydroxylation sites is 1. The summed E-state index contributed by atoms with van der Waals surface area (Å²) in [5.41, 5.74) is 0.906. The average molecular weight is 362 g/mol. The first-order chi connectivity index (χ1) is 12.4. The summed E-state index contributed by atoms with van der Waals surface area (Å²) in [6, 6.07) is 5.68. The van der Waals surface area contributed by atoms with Crippen molar-refractivity contribution in [1.29, 1.82) is 0 Å². The molecule has 0 radical (unpaired) electrons. The Morgan fingerprint density at radius 1 is 1.23 bits per heavy atom. The SMILES string of the molecule is CCC(=O)N1CC(C(=O)NCC(C)C)C(c2cccc(OC)c2OC)C1. The first-order valence-electron chi connectivity index (χ1n) is 9.19. The molecule has 1 aromatic carbocycles. The Morgan fingerprint density at radius 3 is 2.54 bits per heavy atom. The van der Waals surface area contributed by atoms with Gasteiger partial charge in [0.2, 0.25) is 11.8 Å². The minimum Gasteiger partial charge on any atom is -0.493 e. The Balaban J connectivity index is 2.35. The summed E-state index contributed by atoms with van der Waals surface area (Å²) in [6.45, 7) is 7.53. The molecule has 26 heavy (non-hydrogen) atoms. The number of amides is 2. The molecule has 0 bridgehead atoms. The van der Waals surface area contributed by atoms with Crippen LogP contribution in [0.5, 0.6) is 11.5 Å². The van der Waals surface area contributed by atoms with Gasteiger partial charge in [-0.05, 0) is 12.0 Å². The Bertz CT molecular complexity index is 645. The van der Waals surface area contributed by atoms with E-state index >= 15 is 0 Å². The number of carbonyl (C=O) groups is 2. The summed E-state index contributed by atoms with van der Waals surface area (Å²) in [7, 11) is 3.19. The number of nitrogens with one attached hydrogen (secondary N) is 1. The topological polar surface area (TPSA) is 67.9 Å². The highest BCUT2D eigenvalue weighted by atomic mass is 16.5. The molecule has 0 spiro atoms. The first-order valence-corrected chi connectivity index (χ1v) is 9.19.